The molecule has 1 atom stereocenters. The molecule has 24 heavy (non-hydrogen) atoms. The third-order valence-electron chi connectivity index (χ3n) is 4.18. The molecule has 128 valence electrons. The van der Waals surface area contributed by atoms with Crippen LogP contribution in [0.4, 0.5) is 5.69 Å². The topological polar surface area (TPSA) is 93.1 Å². The molecule has 1 unspecified atom stereocenters. The van der Waals surface area contributed by atoms with Gasteiger partial charge in [-0.15, -0.1) is 0 Å². The molecule has 1 aromatic heterocycles. The van der Waals surface area contributed by atoms with Crippen LogP contribution in [0, 0.1) is 0 Å². The van der Waals surface area contributed by atoms with Gasteiger partial charge in [-0.25, -0.2) is 0 Å². The van der Waals surface area contributed by atoms with E-state index < -0.39 is 5.60 Å². The Morgan fingerprint density at radius 3 is 3.12 bits per heavy atom. The number of anilines is 1. The minimum absolute atomic E-state index is 0.0469. The lowest BCUT2D eigenvalue weighted by Crippen LogP contribution is -2.51. The first-order chi connectivity index (χ1) is 11.6. The number of amides is 2. The molecule has 1 spiro atoms. The Kier molecular flexibility index (Phi) is 4.75. The van der Waals surface area contributed by atoms with Crippen LogP contribution < -0.4 is 5.32 Å². The fourth-order valence-corrected chi connectivity index (χ4v) is 3.03. The minimum atomic E-state index is -0.608. The maximum absolute atomic E-state index is 12.3. The number of nitrogens with one attached hydrogen (secondary N) is 1. The van der Waals surface area contributed by atoms with Crippen LogP contribution in [0.3, 0.4) is 0 Å². The van der Waals surface area contributed by atoms with Gasteiger partial charge in [0, 0.05) is 26.3 Å². The Hall–Kier alpha value is -2.48. The SMILES string of the molecule is COCC(=O)N1CCCC2(CC(C(=O)Nc3cccnc3)=NO2)C1. The summed E-state index contributed by atoms with van der Waals surface area (Å²) in [5.74, 6) is -0.381. The number of carbonyl (C=O) groups is 2. The largest absolute Gasteiger partial charge is 0.386 e. The number of oxime groups is 1. The van der Waals surface area contributed by atoms with Gasteiger partial charge in [0.05, 0.1) is 18.4 Å². The van der Waals surface area contributed by atoms with Gasteiger partial charge in [0.15, 0.2) is 5.60 Å². The Balaban J connectivity index is 1.61. The summed E-state index contributed by atoms with van der Waals surface area (Å²) in [5, 5.41) is 6.71. The minimum Gasteiger partial charge on any atom is -0.386 e. The van der Waals surface area contributed by atoms with Crippen molar-refractivity contribution in [1.29, 1.82) is 0 Å². The molecule has 1 saturated heterocycles. The van der Waals surface area contributed by atoms with E-state index in [1.54, 1.807) is 29.4 Å². The Morgan fingerprint density at radius 1 is 1.50 bits per heavy atom. The van der Waals surface area contributed by atoms with Crippen molar-refractivity contribution in [3.05, 3.63) is 24.5 Å². The molecule has 2 aliphatic rings. The van der Waals surface area contributed by atoms with Crippen molar-refractivity contribution < 1.29 is 19.2 Å². The number of carbonyl (C=O) groups excluding carboxylic acids is 2. The number of ether oxygens (including phenoxy) is 1. The molecular weight excluding hydrogens is 312 g/mol. The van der Waals surface area contributed by atoms with E-state index in [1.807, 2.05) is 0 Å². The molecule has 0 bridgehead atoms. The molecule has 0 radical (unpaired) electrons. The number of hydrogen-bond acceptors (Lipinski definition) is 6. The number of rotatable bonds is 4. The second-order valence-corrected chi connectivity index (χ2v) is 6.04. The highest BCUT2D eigenvalue weighted by Crippen LogP contribution is 2.33. The van der Waals surface area contributed by atoms with E-state index in [2.05, 4.69) is 15.5 Å². The zero-order valence-corrected chi connectivity index (χ0v) is 13.5. The smallest absolute Gasteiger partial charge is 0.273 e. The summed E-state index contributed by atoms with van der Waals surface area (Å²) in [6, 6.07) is 3.49. The van der Waals surface area contributed by atoms with Crippen molar-refractivity contribution in [2.75, 3.05) is 32.1 Å². The van der Waals surface area contributed by atoms with E-state index >= 15 is 0 Å². The summed E-state index contributed by atoms with van der Waals surface area (Å²) < 4.78 is 4.90. The van der Waals surface area contributed by atoms with Crippen molar-refractivity contribution in [2.45, 2.75) is 24.9 Å². The van der Waals surface area contributed by atoms with E-state index in [4.69, 9.17) is 9.57 Å². The summed E-state index contributed by atoms with van der Waals surface area (Å²) in [5.41, 5.74) is 0.329. The number of aromatic nitrogens is 1. The molecule has 1 aromatic rings. The summed E-state index contributed by atoms with van der Waals surface area (Å²) >= 11 is 0. The first-order valence-corrected chi connectivity index (χ1v) is 7.85. The van der Waals surface area contributed by atoms with Gasteiger partial charge in [0.25, 0.3) is 5.91 Å². The molecule has 0 saturated carbocycles. The highest BCUT2D eigenvalue weighted by atomic mass is 16.7. The molecule has 8 heteroatoms. The highest BCUT2D eigenvalue weighted by molar-refractivity contribution is 6.43. The number of pyridine rings is 1. The van der Waals surface area contributed by atoms with Crippen LogP contribution in [-0.4, -0.2) is 59.8 Å². The van der Waals surface area contributed by atoms with Gasteiger partial charge in [0.1, 0.15) is 12.3 Å². The number of piperidine rings is 1. The van der Waals surface area contributed by atoms with Crippen LogP contribution >= 0.6 is 0 Å². The second-order valence-electron chi connectivity index (χ2n) is 6.04. The maximum Gasteiger partial charge on any atom is 0.273 e. The first kappa shape index (κ1) is 16.4. The van der Waals surface area contributed by atoms with Gasteiger partial charge < -0.3 is 19.8 Å². The monoisotopic (exact) mass is 332 g/mol. The lowest BCUT2D eigenvalue weighted by Gasteiger charge is -2.38. The van der Waals surface area contributed by atoms with E-state index in [0.717, 1.165) is 12.8 Å². The summed E-state index contributed by atoms with van der Waals surface area (Å²) in [6.07, 6.45) is 5.15. The predicted octanol–water partition coefficient (Wildman–Crippen LogP) is 0.804. The fraction of sp³-hybridized carbons (Fsp3) is 0.500. The normalized spacial score (nSPS) is 22.9. The first-order valence-electron chi connectivity index (χ1n) is 7.85. The molecule has 8 nitrogen and oxygen atoms in total. The van der Waals surface area contributed by atoms with Crippen molar-refractivity contribution in [3.63, 3.8) is 0 Å². The predicted molar refractivity (Wildman–Crippen MR) is 86.4 cm³/mol. The van der Waals surface area contributed by atoms with Crippen LogP contribution in [0.1, 0.15) is 19.3 Å². The Morgan fingerprint density at radius 2 is 2.38 bits per heavy atom. The quantitative estimate of drug-likeness (QED) is 0.880. The van der Waals surface area contributed by atoms with E-state index in [-0.39, 0.29) is 18.4 Å². The van der Waals surface area contributed by atoms with Crippen LogP contribution in [0.25, 0.3) is 0 Å². The molecule has 0 aliphatic carbocycles. The van der Waals surface area contributed by atoms with E-state index in [9.17, 15) is 9.59 Å². The molecule has 0 aromatic carbocycles. The molecule has 1 fully saturated rings. The molecular formula is C16H20N4O4. The zero-order valence-electron chi connectivity index (χ0n) is 13.5. The van der Waals surface area contributed by atoms with Crippen LogP contribution in [-0.2, 0) is 19.2 Å². The summed E-state index contributed by atoms with van der Waals surface area (Å²) in [6.45, 7) is 1.14. The number of hydrogen-bond donors (Lipinski definition) is 1. The molecule has 1 N–H and O–H groups in total. The van der Waals surface area contributed by atoms with Gasteiger partial charge >= 0.3 is 0 Å². The van der Waals surface area contributed by atoms with Crippen molar-refractivity contribution >= 4 is 23.2 Å². The van der Waals surface area contributed by atoms with Gasteiger partial charge in [-0.2, -0.15) is 0 Å². The van der Waals surface area contributed by atoms with E-state index in [1.165, 1.54) is 7.11 Å². The van der Waals surface area contributed by atoms with Crippen LogP contribution in [0.2, 0.25) is 0 Å². The summed E-state index contributed by atoms with van der Waals surface area (Å²) in [4.78, 5) is 35.6. The van der Waals surface area contributed by atoms with Crippen molar-refractivity contribution in [1.82, 2.24) is 9.88 Å². The molecule has 3 rings (SSSR count). The van der Waals surface area contributed by atoms with Gasteiger partial charge in [0.2, 0.25) is 5.91 Å². The average Bonchev–Trinajstić information content (AvgIpc) is 2.99. The second kappa shape index (κ2) is 6.96. The Labute approximate surface area is 139 Å². The van der Waals surface area contributed by atoms with Crippen LogP contribution in [0.15, 0.2) is 29.7 Å². The third-order valence-corrected chi connectivity index (χ3v) is 4.18. The number of likely N-dealkylation sites (tertiary alicyclic amines) is 1. The summed E-state index contributed by atoms with van der Waals surface area (Å²) in [7, 11) is 1.49. The number of nitrogens with zero attached hydrogens (tertiary/aromatic N) is 3. The van der Waals surface area contributed by atoms with Crippen molar-refractivity contribution in [3.8, 4) is 0 Å². The highest BCUT2D eigenvalue weighted by Gasteiger charge is 2.45. The van der Waals surface area contributed by atoms with Crippen LogP contribution in [0.5, 0.6) is 0 Å². The molecule has 2 aliphatic heterocycles. The third kappa shape index (κ3) is 3.53. The maximum atomic E-state index is 12.3. The van der Waals surface area contributed by atoms with Crippen molar-refractivity contribution in [2.24, 2.45) is 5.16 Å². The number of methoxy groups -OCH3 is 1. The molecule has 2 amide bonds. The molecule has 3 heterocycles. The lowest BCUT2D eigenvalue weighted by molar-refractivity contribution is -0.144. The lowest BCUT2D eigenvalue weighted by atomic mass is 9.88. The zero-order chi connectivity index (χ0) is 17.0. The van der Waals surface area contributed by atoms with Gasteiger partial charge in [-0.1, -0.05) is 5.16 Å². The fourth-order valence-electron chi connectivity index (χ4n) is 3.03. The average molecular weight is 332 g/mol. The van der Waals surface area contributed by atoms with Gasteiger partial charge in [-0.3, -0.25) is 14.6 Å². The Bertz CT molecular complexity index is 649. The standard InChI is InChI=1S/C16H20N4O4/c1-23-10-14(21)20-7-3-5-16(11-20)8-13(19-24-16)15(22)18-12-4-2-6-17-9-12/h2,4,6,9H,3,5,7-8,10-11H2,1H3,(H,18,22). The van der Waals surface area contributed by atoms with E-state index in [0.29, 0.717) is 30.9 Å². The van der Waals surface area contributed by atoms with Gasteiger partial charge in [-0.05, 0) is 25.0 Å².